The van der Waals surface area contributed by atoms with Gasteiger partial charge >= 0.3 is 0 Å². The molecule has 2 aliphatic rings. The Morgan fingerprint density at radius 2 is 1.89 bits per heavy atom. The number of nitrogens with zero attached hydrogens (tertiary/aromatic N) is 2. The van der Waals surface area contributed by atoms with E-state index in [1.165, 1.54) is 45.6 Å². The van der Waals surface area contributed by atoms with Gasteiger partial charge in [0, 0.05) is 29.1 Å². The first-order valence-corrected chi connectivity index (χ1v) is 9.90. The van der Waals surface area contributed by atoms with Crippen molar-refractivity contribution in [1.29, 1.82) is 0 Å². The molecule has 0 saturated carbocycles. The summed E-state index contributed by atoms with van der Waals surface area (Å²) in [6, 6.07) is 8.82. The Bertz CT molecular complexity index is 1100. The summed E-state index contributed by atoms with van der Waals surface area (Å²) in [7, 11) is 0. The first-order valence-electron chi connectivity index (χ1n) is 9.90. The maximum atomic E-state index is 4.48. The molecular weight excluding hydrogens is 330 g/mol. The molecular formula is C24H27N3. The number of pyridine rings is 1. The van der Waals surface area contributed by atoms with E-state index >= 15 is 0 Å². The van der Waals surface area contributed by atoms with Crippen LogP contribution in [0.25, 0.3) is 16.9 Å². The Morgan fingerprint density at radius 1 is 1.11 bits per heavy atom. The Balaban J connectivity index is 1.84. The van der Waals surface area contributed by atoms with Crippen LogP contribution in [-0.4, -0.2) is 14.9 Å². The molecule has 3 aromatic rings. The number of imidazole rings is 1. The van der Waals surface area contributed by atoms with Crippen molar-refractivity contribution in [3.8, 4) is 11.3 Å². The molecule has 1 aliphatic heterocycles. The summed E-state index contributed by atoms with van der Waals surface area (Å²) in [6.07, 6.45) is 7.47. The van der Waals surface area contributed by atoms with Crippen LogP contribution in [-0.2, 0) is 18.3 Å². The third-order valence-corrected chi connectivity index (χ3v) is 6.73. The van der Waals surface area contributed by atoms with Crippen molar-refractivity contribution in [2.24, 2.45) is 0 Å². The van der Waals surface area contributed by atoms with Gasteiger partial charge in [-0.05, 0) is 73.6 Å². The SMILES string of the molecule is C=C1C(C)(C)Nc2c(cc(-c3cccc4nccn34)c3c2CCC3)C1(C)C. The van der Waals surface area contributed by atoms with Crippen molar-refractivity contribution in [2.45, 2.75) is 57.9 Å². The summed E-state index contributed by atoms with van der Waals surface area (Å²) < 4.78 is 2.21. The van der Waals surface area contributed by atoms with E-state index in [4.69, 9.17) is 0 Å². The van der Waals surface area contributed by atoms with Crippen LogP contribution < -0.4 is 5.32 Å². The van der Waals surface area contributed by atoms with E-state index < -0.39 is 0 Å². The minimum atomic E-state index is -0.0985. The second-order valence-corrected chi connectivity index (χ2v) is 9.08. The molecule has 1 aliphatic carbocycles. The molecule has 0 radical (unpaired) electrons. The van der Waals surface area contributed by atoms with Crippen LogP contribution in [0.5, 0.6) is 0 Å². The van der Waals surface area contributed by atoms with E-state index in [0.717, 1.165) is 18.5 Å². The Morgan fingerprint density at radius 3 is 2.70 bits per heavy atom. The van der Waals surface area contributed by atoms with Gasteiger partial charge in [-0.25, -0.2) is 4.98 Å². The maximum absolute atomic E-state index is 4.48. The van der Waals surface area contributed by atoms with Gasteiger partial charge < -0.3 is 5.32 Å². The van der Waals surface area contributed by atoms with E-state index in [2.05, 4.69) is 79.4 Å². The Hall–Kier alpha value is -2.55. The highest BCUT2D eigenvalue weighted by molar-refractivity contribution is 5.80. The van der Waals surface area contributed by atoms with E-state index in [1.54, 1.807) is 0 Å². The van der Waals surface area contributed by atoms with Crippen LogP contribution in [0.1, 0.15) is 50.8 Å². The fraction of sp³-hybridized carbons (Fsp3) is 0.375. The molecule has 2 aromatic heterocycles. The Labute approximate surface area is 161 Å². The number of benzene rings is 1. The lowest BCUT2D eigenvalue weighted by atomic mass is 9.66. The molecule has 0 spiro atoms. The quantitative estimate of drug-likeness (QED) is 0.580. The van der Waals surface area contributed by atoms with E-state index in [9.17, 15) is 0 Å². The molecule has 3 heterocycles. The number of nitrogens with one attached hydrogen (secondary N) is 1. The van der Waals surface area contributed by atoms with E-state index in [-0.39, 0.29) is 11.0 Å². The summed E-state index contributed by atoms with van der Waals surface area (Å²) in [5, 5.41) is 3.83. The molecule has 0 atom stereocenters. The number of anilines is 1. The lowest BCUT2D eigenvalue weighted by Gasteiger charge is -2.47. The van der Waals surface area contributed by atoms with Crippen molar-refractivity contribution >= 4 is 11.3 Å². The number of aromatic nitrogens is 2. The lowest BCUT2D eigenvalue weighted by molar-refractivity contribution is 0.489. The van der Waals surface area contributed by atoms with Gasteiger partial charge in [0.2, 0.25) is 0 Å². The smallest absolute Gasteiger partial charge is 0.137 e. The number of hydrogen-bond acceptors (Lipinski definition) is 2. The summed E-state index contributed by atoms with van der Waals surface area (Å²) in [6.45, 7) is 13.6. The molecule has 0 fully saturated rings. The van der Waals surface area contributed by atoms with Crippen molar-refractivity contribution in [2.75, 3.05) is 5.32 Å². The van der Waals surface area contributed by atoms with Crippen LogP contribution in [0.2, 0.25) is 0 Å². The highest BCUT2D eigenvalue weighted by Crippen LogP contribution is 2.51. The molecule has 0 amide bonds. The van der Waals surface area contributed by atoms with Gasteiger partial charge in [-0.2, -0.15) is 0 Å². The highest BCUT2D eigenvalue weighted by Gasteiger charge is 2.43. The molecule has 5 rings (SSSR count). The molecule has 1 N–H and O–H groups in total. The standard InChI is InChI=1S/C24H27N3/c1-15-23(2,3)19-14-18(20-10-7-11-21-25-12-13-27(20)21)16-8-6-9-17(16)22(19)26-24(15,4)5/h7,10-14,26H,1,6,8-9H2,2-5H3. The predicted octanol–water partition coefficient (Wildman–Crippen LogP) is 5.53. The molecule has 138 valence electrons. The molecule has 1 aromatic carbocycles. The number of rotatable bonds is 1. The fourth-order valence-electron chi connectivity index (χ4n) is 5.15. The number of fused-ring (bicyclic) bond motifs is 4. The zero-order valence-electron chi connectivity index (χ0n) is 16.7. The topological polar surface area (TPSA) is 29.3 Å². The van der Waals surface area contributed by atoms with Gasteiger partial charge in [0.15, 0.2) is 0 Å². The predicted molar refractivity (Wildman–Crippen MR) is 113 cm³/mol. The highest BCUT2D eigenvalue weighted by atomic mass is 15.0. The first kappa shape index (κ1) is 16.6. The van der Waals surface area contributed by atoms with Crippen molar-refractivity contribution in [1.82, 2.24) is 9.38 Å². The fourth-order valence-corrected chi connectivity index (χ4v) is 5.15. The second-order valence-electron chi connectivity index (χ2n) is 9.08. The van der Waals surface area contributed by atoms with Gasteiger partial charge in [0.1, 0.15) is 5.65 Å². The van der Waals surface area contributed by atoms with E-state index in [0.29, 0.717) is 0 Å². The third-order valence-electron chi connectivity index (χ3n) is 6.73. The van der Waals surface area contributed by atoms with Crippen LogP contribution in [0.3, 0.4) is 0 Å². The van der Waals surface area contributed by atoms with Crippen LogP contribution in [0.4, 0.5) is 5.69 Å². The van der Waals surface area contributed by atoms with Crippen molar-refractivity contribution in [3.05, 3.63) is 65.5 Å². The van der Waals surface area contributed by atoms with Crippen LogP contribution >= 0.6 is 0 Å². The zero-order valence-corrected chi connectivity index (χ0v) is 16.7. The third kappa shape index (κ3) is 2.17. The van der Waals surface area contributed by atoms with Crippen LogP contribution in [0, 0.1) is 0 Å². The largest absolute Gasteiger partial charge is 0.376 e. The van der Waals surface area contributed by atoms with Gasteiger partial charge in [0.05, 0.1) is 11.2 Å². The summed E-state index contributed by atoms with van der Waals surface area (Å²) in [5.41, 5.74) is 10.4. The molecule has 0 unspecified atom stereocenters. The first-order chi connectivity index (χ1) is 12.8. The van der Waals surface area contributed by atoms with Gasteiger partial charge in [0.25, 0.3) is 0 Å². The van der Waals surface area contributed by atoms with Gasteiger partial charge in [-0.3, -0.25) is 4.40 Å². The van der Waals surface area contributed by atoms with Gasteiger partial charge in [-0.1, -0.05) is 26.5 Å². The zero-order chi connectivity index (χ0) is 19.0. The molecule has 0 saturated heterocycles. The average molecular weight is 358 g/mol. The Kier molecular flexibility index (Phi) is 3.23. The normalized spacial score (nSPS) is 19.6. The summed E-state index contributed by atoms with van der Waals surface area (Å²) in [4.78, 5) is 4.48. The summed E-state index contributed by atoms with van der Waals surface area (Å²) in [5.74, 6) is 0. The number of hydrogen-bond donors (Lipinski definition) is 1. The van der Waals surface area contributed by atoms with Gasteiger partial charge in [-0.15, -0.1) is 0 Å². The molecule has 3 heteroatoms. The van der Waals surface area contributed by atoms with Crippen molar-refractivity contribution in [3.63, 3.8) is 0 Å². The second kappa shape index (κ2) is 5.25. The van der Waals surface area contributed by atoms with Crippen LogP contribution in [0.15, 0.2) is 48.8 Å². The van der Waals surface area contributed by atoms with Crippen molar-refractivity contribution < 1.29 is 0 Å². The minimum absolute atomic E-state index is 0.0702. The van der Waals surface area contributed by atoms with E-state index in [1.807, 2.05) is 6.20 Å². The monoisotopic (exact) mass is 357 g/mol. The molecule has 27 heavy (non-hydrogen) atoms. The summed E-state index contributed by atoms with van der Waals surface area (Å²) >= 11 is 0. The molecule has 0 bridgehead atoms. The molecule has 3 nitrogen and oxygen atoms in total. The average Bonchev–Trinajstić information content (AvgIpc) is 3.29. The maximum Gasteiger partial charge on any atom is 0.137 e. The lowest BCUT2D eigenvalue weighted by Crippen LogP contribution is -2.46. The minimum Gasteiger partial charge on any atom is -0.376 e.